The Hall–Kier alpha value is -1.000. The first-order chi connectivity index (χ1) is 9.60. The molecule has 0 amide bonds. The fourth-order valence-electron chi connectivity index (χ4n) is 1.56. The van der Waals surface area contributed by atoms with E-state index in [0.717, 1.165) is 12.2 Å². The van der Waals surface area contributed by atoms with Gasteiger partial charge in [0.2, 0.25) is 5.88 Å². The summed E-state index contributed by atoms with van der Waals surface area (Å²) in [5.74, 6) is 0.884. The van der Waals surface area contributed by atoms with Crippen molar-refractivity contribution < 1.29 is 4.74 Å². The minimum Gasteiger partial charge on any atom is -0.437 e. The highest BCUT2D eigenvalue weighted by Gasteiger charge is 2.08. The highest BCUT2D eigenvalue weighted by atomic mass is 35.5. The van der Waals surface area contributed by atoms with E-state index in [4.69, 9.17) is 39.5 Å². The lowest BCUT2D eigenvalue weighted by Gasteiger charge is -2.10. The van der Waals surface area contributed by atoms with Crippen LogP contribution >= 0.6 is 34.8 Å². The molecule has 2 aromatic rings. The molecule has 0 fully saturated rings. The van der Waals surface area contributed by atoms with E-state index >= 15 is 0 Å². The summed E-state index contributed by atoms with van der Waals surface area (Å²) in [7, 11) is 0. The molecule has 0 saturated heterocycles. The molecule has 0 unspecified atom stereocenters. The third kappa shape index (κ3) is 4.00. The second-order valence-electron chi connectivity index (χ2n) is 4.04. The van der Waals surface area contributed by atoms with Crippen molar-refractivity contribution in [2.24, 2.45) is 0 Å². The van der Waals surface area contributed by atoms with E-state index in [1.54, 1.807) is 30.3 Å². The van der Waals surface area contributed by atoms with Crippen LogP contribution in [0.3, 0.4) is 0 Å². The fraction of sp³-hybridized carbons (Fsp3) is 0.214. The molecule has 20 heavy (non-hydrogen) atoms. The summed E-state index contributed by atoms with van der Waals surface area (Å²) < 4.78 is 5.65. The van der Waals surface area contributed by atoms with Gasteiger partial charge in [-0.05, 0) is 24.7 Å². The molecule has 6 heteroatoms. The smallest absolute Gasteiger partial charge is 0.219 e. The van der Waals surface area contributed by atoms with Gasteiger partial charge in [-0.2, -0.15) is 0 Å². The van der Waals surface area contributed by atoms with Gasteiger partial charge in [0.1, 0.15) is 5.75 Å². The zero-order valence-corrected chi connectivity index (χ0v) is 13.1. The van der Waals surface area contributed by atoms with Gasteiger partial charge in [-0.1, -0.05) is 41.7 Å². The van der Waals surface area contributed by atoms with Gasteiger partial charge >= 0.3 is 0 Å². The molecule has 0 spiro atoms. The normalized spacial score (nSPS) is 10.6. The van der Waals surface area contributed by atoms with Crippen molar-refractivity contribution in [3.05, 3.63) is 51.1 Å². The molecule has 1 N–H and O–H groups in total. The van der Waals surface area contributed by atoms with E-state index < -0.39 is 0 Å². The first-order valence-electron chi connectivity index (χ1n) is 6.09. The lowest BCUT2D eigenvalue weighted by atomic mass is 10.3. The Morgan fingerprint density at radius 1 is 1.10 bits per heavy atom. The molecule has 3 nitrogen and oxygen atoms in total. The maximum Gasteiger partial charge on any atom is 0.219 e. The van der Waals surface area contributed by atoms with Crippen LogP contribution in [0.15, 0.2) is 30.3 Å². The van der Waals surface area contributed by atoms with Crippen molar-refractivity contribution in [2.75, 3.05) is 6.54 Å². The van der Waals surface area contributed by atoms with Crippen LogP contribution in [-0.2, 0) is 6.54 Å². The van der Waals surface area contributed by atoms with Crippen LogP contribution in [0.1, 0.15) is 12.6 Å². The molecule has 1 aromatic heterocycles. The Bertz CT molecular complexity index is 605. The lowest BCUT2D eigenvalue weighted by Crippen LogP contribution is -2.13. The van der Waals surface area contributed by atoms with Crippen LogP contribution in [0.4, 0.5) is 0 Å². The van der Waals surface area contributed by atoms with Crippen molar-refractivity contribution in [1.29, 1.82) is 0 Å². The summed E-state index contributed by atoms with van der Waals surface area (Å²) in [5, 5.41) is 4.78. The monoisotopic (exact) mass is 330 g/mol. The summed E-state index contributed by atoms with van der Waals surface area (Å²) in [6.07, 6.45) is 0. The van der Waals surface area contributed by atoms with E-state index in [1.807, 2.05) is 6.92 Å². The highest BCUT2D eigenvalue weighted by molar-refractivity contribution is 6.34. The average molecular weight is 332 g/mol. The molecule has 2 rings (SSSR count). The molecule has 0 aliphatic heterocycles. The van der Waals surface area contributed by atoms with E-state index in [1.165, 1.54) is 0 Å². The second kappa shape index (κ2) is 7.14. The zero-order valence-electron chi connectivity index (χ0n) is 10.8. The largest absolute Gasteiger partial charge is 0.437 e. The molecule has 0 atom stereocenters. The molecular weight excluding hydrogens is 319 g/mol. The van der Waals surface area contributed by atoms with E-state index in [2.05, 4.69) is 10.3 Å². The zero-order chi connectivity index (χ0) is 14.5. The van der Waals surface area contributed by atoms with Crippen molar-refractivity contribution in [2.45, 2.75) is 13.5 Å². The van der Waals surface area contributed by atoms with E-state index in [9.17, 15) is 0 Å². The minimum atomic E-state index is 0.423. The molecule has 0 bridgehead atoms. The number of ether oxygens (including phenoxy) is 1. The Balaban J connectivity index is 2.22. The molecule has 1 aromatic carbocycles. The Morgan fingerprint density at radius 2 is 1.85 bits per heavy atom. The van der Waals surface area contributed by atoms with Crippen LogP contribution in [0, 0.1) is 0 Å². The highest BCUT2D eigenvalue weighted by Crippen LogP contribution is 2.31. The number of halogens is 3. The number of benzene rings is 1. The number of hydrogen-bond donors (Lipinski definition) is 1. The van der Waals surface area contributed by atoms with Gasteiger partial charge in [-0.25, -0.2) is 4.98 Å². The number of pyridine rings is 1. The number of nitrogens with one attached hydrogen (secondary N) is 1. The first kappa shape index (κ1) is 15.4. The van der Waals surface area contributed by atoms with Gasteiger partial charge in [0.25, 0.3) is 0 Å². The van der Waals surface area contributed by atoms with Crippen molar-refractivity contribution in [3.63, 3.8) is 0 Å². The average Bonchev–Trinajstić information content (AvgIpc) is 2.43. The summed E-state index contributed by atoms with van der Waals surface area (Å²) in [5.41, 5.74) is 0.726. The number of nitrogens with zero attached hydrogens (tertiary/aromatic N) is 1. The van der Waals surface area contributed by atoms with E-state index in [-0.39, 0.29) is 0 Å². The van der Waals surface area contributed by atoms with Crippen LogP contribution in [-0.4, -0.2) is 11.5 Å². The van der Waals surface area contributed by atoms with Gasteiger partial charge in [0, 0.05) is 23.7 Å². The topological polar surface area (TPSA) is 34.2 Å². The number of rotatable bonds is 5. The third-order valence-electron chi connectivity index (χ3n) is 2.54. The van der Waals surface area contributed by atoms with Crippen molar-refractivity contribution in [3.8, 4) is 11.6 Å². The maximum atomic E-state index is 6.09. The predicted octanol–water partition coefficient (Wildman–Crippen LogP) is 4.94. The lowest BCUT2D eigenvalue weighted by molar-refractivity contribution is 0.460. The molecule has 0 aliphatic rings. The van der Waals surface area contributed by atoms with Crippen LogP contribution in [0.2, 0.25) is 15.1 Å². The molecule has 106 valence electrons. The van der Waals surface area contributed by atoms with Gasteiger partial charge in [-0.15, -0.1) is 0 Å². The third-order valence-corrected chi connectivity index (χ3v) is 3.43. The molecular formula is C14H13Cl3N2O. The van der Waals surface area contributed by atoms with Crippen LogP contribution in [0.25, 0.3) is 0 Å². The quantitative estimate of drug-likeness (QED) is 0.842. The summed E-state index contributed by atoms with van der Waals surface area (Å²) in [6.45, 7) is 3.43. The van der Waals surface area contributed by atoms with Crippen molar-refractivity contribution in [1.82, 2.24) is 10.3 Å². The van der Waals surface area contributed by atoms with E-state index in [0.29, 0.717) is 33.2 Å². The van der Waals surface area contributed by atoms with Gasteiger partial charge in [0.05, 0.1) is 15.7 Å². The molecule has 0 saturated carbocycles. The summed E-state index contributed by atoms with van der Waals surface area (Å²) in [6, 6.07) is 8.45. The number of hydrogen-bond acceptors (Lipinski definition) is 3. The maximum absolute atomic E-state index is 6.09. The Kier molecular flexibility index (Phi) is 5.49. The minimum absolute atomic E-state index is 0.423. The molecule has 0 aliphatic carbocycles. The Labute approximate surface area is 132 Å². The van der Waals surface area contributed by atoms with Crippen LogP contribution in [0.5, 0.6) is 11.6 Å². The first-order valence-corrected chi connectivity index (χ1v) is 7.22. The molecule has 1 heterocycles. The fourth-order valence-corrected chi connectivity index (χ4v) is 2.05. The summed E-state index contributed by atoms with van der Waals surface area (Å²) in [4.78, 5) is 4.36. The summed E-state index contributed by atoms with van der Waals surface area (Å²) >= 11 is 18.1. The second-order valence-corrected chi connectivity index (χ2v) is 5.29. The SMILES string of the molecule is CCNCc1nc(Oc2cc(Cl)ccc2Cl)ccc1Cl. The number of aromatic nitrogens is 1. The van der Waals surface area contributed by atoms with Crippen LogP contribution < -0.4 is 10.1 Å². The molecule has 0 radical (unpaired) electrons. The predicted molar refractivity (Wildman–Crippen MR) is 83.2 cm³/mol. The Morgan fingerprint density at radius 3 is 2.60 bits per heavy atom. The van der Waals surface area contributed by atoms with Crippen molar-refractivity contribution >= 4 is 34.8 Å². The van der Waals surface area contributed by atoms with Gasteiger partial charge in [-0.3, -0.25) is 0 Å². The van der Waals surface area contributed by atoms with Gasteiger partial charge in [0.15, 0.2) is 0 Å². The standard InChI is InChI=1S/C14H13Cl3N2O/c1-2-18-8-12-10(16)5-6-14(19-12)20-13-7-9(15)3-4-11(13)17/h3-7,18H,2,8H2,1H3. The van der Waals surface area contributed by atoms with Gasteiger partial charge < -0.3 is 10.1 Å².